The standard InChI is InChI=1S/C21H20F3N5O/c1-3-5-7-15(4-2)14-29-19(30)10-9-17(27-29)16-12-25-20(26-13-16)28-11-6-8-18(28)21(22,23)24/h1,4-5,7,9-10,12-13,18H,6,8,11,14H2,2H3/b7-5-,15-4+. The second-order valence-corrected chi connectivity index (χ2v) is 6.74. The summed E-state index contributed by atoms with van der Waals surface area (Å²) in [5, 5.41) is 4.32. The van der Waals surface area contributed by atoms with E-state index in [0.717, 1.165) is 5.57 Å². The van der Waals surface area contributed by atoms with Crippen LogP contribution in [0.5, 0.6) is 0 Å². The maximum Gasteiger partial charge on any atom is 0.408 e. The molecule has 1 aliphatic rings. The van der Waals surface area contributed by atoms with Crippen LogP contribution in [0.3, 0.4) is 0 Å². The van der Waals surface area contributed by atoms with Crippen LogP contribution in [0.1, 0.15) is 19.8 Å². The van der Waals surface area contributed by atoms with Crippen molar-refractivity contribution in [3.63, 3.8) is 0 Å². The van der Waals surface area contributed by atoms with Crippen LogP contribution in [-0.2, 0) is 6.54 Å². The Labute approximate surface area is 171 Å². The Morgan fingerprint density at radius 3 is 2.70 bits per heavy atom. The van der Waals surface area contributed by atoms with E-state index in [2.05, 4.69) is 21.0 Å². The lowest BCUT2D eigenvalue weighted by Gasteiger charge is -2.26. The molecule has 1 atom stereocenters. The van der Waals surface area contributed by atoms with E-state index in [4.69, 9.17) is 6.42 Å². The third-order valence-electron chi connectivity index (χ3n) is 4.78. The largest absolute Gasteiger partial charge is 0.408 e. The Morgan fingerprint density at radius 2 is 2.07 bits per heavy atom. The monoisotopic (exact) mass is 415 g/mol. The Kier molecular flexibility index (Phi) is 6.35. The van der Waals surface area contributed by atoms with Gasteiger partial charge in [-0.2, -0.15) is 18.3 Å². The predicted octanol–water partition coefficient (Wildman–Crippen LogP) is 3.37. The first-order valence-corrected chi connectivity index (χ1v) is 9.35. The molecular formula is C21H20F3N5O. The molecule has 2 aromatic heterocycles. The smallest absolute Gasteiger partial charge is 0.329 e. The Balaban J connectivity index is 1.84. The van der Waals surface area contributed by atoms with E-state index < -0.39 is 12.2 Å². The van der Waals surface area contributed by atoms with Crippen molar-refractivity contribution in [2.24, 2.45) is 0 Å². The lowest BCUT2D eigenvalue weighted by Crippen LogP contribution is -2.42. The number of terminal acetylenes is 1. The normalized spacial score (nSPS) is 17.5. The molecule has 0 bridgehead atoms. The van der Waals surface area contributed by atoms with Gasteiger partial charge in [0.05, 0.1) is 12.2 Å². The van der Waals surface area contributed by atoms with Crippen molar-refractivity contribution in [3.05, 3.63) is 58.7 Å². The molecule has 6 nitrogen and oxygen atoms in total. The van der Waals surface area contributed by atoms with Crippen LogP contribution in [-0.4, -0.2) is 38.5 Å². The van der Waals surface area contributed by atoms with Gasteiger partial charge in [-0.1, -0.05) is 12.0 Å². The summed E-state index contributed by atoms with van der Waals surface area (Å²) in [6, 6.07) is 1.32. The number of alkyl halides is 3. The van der Waals surface area contributed by atoms with E-state index in [1.165, 1.54) is 40.2 Å². The molecule has 156 valence electrons. The Morgan fingerprint density at radius 1 is 1.33 bits per heavy atom. The number of rotatable bonds is 5. The molecule has 0 aliphatic carbocycles. The molecule has 2 aromatic rings. The van der Waals surface area contributed by atoms with Gasteiger partial charge in [0, 0.05) is 30.6 Å². The summed E-state index contributed by atoms with van der Waals surface area (Å²) in [5.74, 6) is 2.42. The number of halogens is 3. The fourth-order valence-corrected chi connectivity index (χ4v) is 3.23. The van der Waals surface area contributed by atoms with Gasteiger partial charge in [0.2, 0.25) is 5.95 Å². The summed E-state index contributed by atoms with van der Waals surface area (Å²) in [6.07, 6.45) is 9.25. The molecule has 0 radical (unpaired) electrons. The molecule has 0 saturated carbocycles. The van der Waals surface area contributed by atoms with Gasteiger partial charge in [-0.3, -0.25) is 4.79 Å². The highest BCUT2D eigenvalue weighted by Gasteiger charge is 2.46. The zero-order valence-electron chi connectivity index (χ0n) is 16.3. The van der Waals surface area contributed by atoms with Gasteiger partial charge in [0.15, 0.2) is 0 Å². The van der Waals surface area contributed by atoms with Crippen molar-refractivity contribution >= 4 is 5.95 Å². The van der Waals surface area contributed by atoms with Crippen molar-refractivity contribution in [1.82, 2.24) is 19.7 Å². The number of aromatic nitrogens is 4. The van der Waals surface area contributed by atoms with E-state index in [1.807, 2.05) is 13.0 Å². The highest BCUT2D eigenvalue weighted by molar-refractivity contribution is 5.56. The second kappa shape index (κ2) is 8.95. The molecule has 0 spiro atoms. The third-order valence-corrected chi connectivity index (χ3v) is 4.78. The number of nitrogens with zero attached hydrogens (tertiary/aromatic N) is 5. The van der Waals surface area contributed by atoms with Crippen LogP contribution in [0.4, 0.5) is 19.1 Å². The van der Waals surface area contributed by atoms with Crippen molar-refractivity contribution in [2.45, 2.75) is 38.5 Å². The van der Waals surface area contributed by atoms with Crippen molar-refractivity contribution < 1.29 is 13.2 Å². The lowest BCUT2D eigenvalue weighted by molar-refractivity contribution is -0.146. The summed E-state index contributed by atoms with van der Waals surface area (Å²) in [6.45, 7) is 2.30. The molecule has 0 aromatic carbocycles. The molecule has 1 unspecified atom stereocenters. The first-order chi connectivity index (χ1) is 14.3. The van der Waals surface area contributed by atoms with E-state index >= 15 is 0 Å². The highest BCUT2D eigenvalue weighted by Crippen LogP contribution is 2.34. The fourth-order valence-electron chi connectivity index (χ4n) is 3.23. The molecular weight excluding hydrogens is 395 g/mol. The minimum atomic E-state index is -4.33. The van der Waals surface area contributed by atoms with Crippen LogP contribution in [0.2, 0.25) is 0 Å². The van der Waals surface area contributed by atoms with Crippen LogP contribution >= 0.6 is 0 Å². The molecule has 3 heterocycles. The van der Waals surface area contributed by atoms with Crippen LogP contribution in [0.15, 0.2) is 53.1 Å². The Bertz CT molecular complexity index is 1050. The van der Waals surface area contributed by atoms with Crippen LogP contribution in [0.25, 0.3) is 11.3 Å². The molecule has 9 heteroatoms. The van der Waals surface area contributed by atoms with Crippen molar-refractivity contribution in [3.8, 4) is 23.6 Å². The lowest BCUT2D eigenvalue weighted by atomic mass is 10.2. The molecule has 1 aliphatic heterocycles. The predicted molar refractivity (Wildman–Crippen MR) is 108 cm³/mol. The molecule has 3 rings (SSSR count). The highest BCUT2D eigenvalue weighted by atomic mass is 19.4. The first kappa shape index (κ1) is 21.3. The second-order valence-electron chi connectivity index (χ2n) is 6.74. The summed E-state index contributed by atoms with van der Waals surface area (Å²) in [5.41, 5.74) is 1.44. The maximum atomic E-state index is 13.2. The first-order valence-electron chi connectivity index (χ1n) is 9.35. The quantitative estimate of drug-likeness (QED) is 0.554. The number of anilines is 1. The summed E-state index contributed by atoms with van der Waals surface area (Å²) >= 11 is 0. The average Bonchev–Trinajstić information content (AvgIpc) is 3.23. The van der Waals surface area contributed by atoms with Crippen LogP contribution in [0, 0.1) is 12.3 Å². The van der Waals surface area contributed by atoms with Crippen molar-refractivity contribution in [2.75, 3.05) is 11.4 Å². The van der Waals surface area contributed by atoms with Crippen LogP contribution < -0.4 is 10.5 Å². The molecule has 0 N–H and O–H groups in total. The SMILES string of the molecule is C#C/C=C\C(=C/C)Cn1nc(-c2cnc(N3CCCC3C(F)(F)F)nc2)ccc1=O. The van der Waals surface area contributed by atoms with E-state index in [1.54, 1.807) is 6.08 Å². The average molecular weight is 415 g/mol. The number of hydrogen-bond acceptors (Lipinski definition) is 5. The third kappa shape index (κ3) is 4.76. The van der Waals surface area contributed by atoms with Gasteiger partial charge in [-0.05, 0) is 43.6 Å². The maximum absolute atomic E-state index is 13.2. The zero-order chi connectivity index (χ0) is 21.7. The fraction of sp³-hybridized carbons (Fsp3) is 0.333. The van der Waals surface area contributed by atoms with Crippen molar-refractivity contribution in [1.29, 1.82) is 0 Å². The molecule has 1 saturated heterocycles. The Hall–Kier alpha value is -3.41. The van der Waals surface area contributed by atoms with Gasteiger partial charge in [0.25, 0.3) is 5.56 Å². The summed E-state index contributed by atoms with van der Waals surface area (Å²) < 4.78 is 40.8. The molecule has 1 fully saturated rings. The molecule has 30 heavy (non-hydrogen) atoms. The summed E-state index contributed by atoms with van der Waals surface area (Å²) in [7, 11) is 0. The van der Waals surface area contributed by atoms with E-state index in [9.17, 15) is 18.0 Å². The minimum Gasteiger partial charge on any atom is -0.329 e. The number of allylic oxidation sites excluding steroid dienone is 4. The van der Waals surface area contributed by atoms with Gasteiger partial charge < -0.3 is 4.90 Å². The number of hydrogen-bond donors (Lipinski definition) is 0. The van der Waals surface area contributed by atoms with Gasteiger partial charge in [-0.25, -0.2) is 14.6 Å². The van der Waals surface area contributed by atoms with Gasteiger partial charge in [0.1, 0.15) is 6.04 Å². The topological polar surface area (TPSA) is 63.9 Å². The van der Waals surface area contributed by atoms with E-state index in [-0.39, 0.29) is 31.0 Å². The van der Waals surface area contributed by atoms with Gasteiger partial charge in [-0.15, -0.1) is 6.42 Å². The zero-order valence-corrected chi connectivity index (χ0v) is 16.3. The van der Waals surface area contributed by atoms with E-state index in [0.29, 0.717) is 17.7 Å². The van der Waals surface area contributed by atoms with Gasteiger partial charge >= 0.3 is 6.18 Å². The molecule has 0 amide bonds. The minimum absolute atomic E-state index is 0.0301. The summed E-state index contributed by atoms with van der Waals surface area (Å²) in [4.78, 5) is 21.6.